The van der Waals surface area contributed by atoms with E-state index in [0.717, 1.165) is 12.0 Å². The van der Waals surface area contributed by atoms with E-state index in [9.17, 15) is 9.59 Å². The Kier molecular flexibility index (Phi) is 6.69. The number of nitriles is 1. The molecule has 0 saturated heterocycles. The van der Waals surface area contributed by atoms with Gasteiger partial charge in [0.25, 0.3) is 0 Å². The fourth-order valence-corrected chi connectivity index (χ4v) is 1.70. The topological polar surface area (TPSA) is 70.4 Å². The van der Waals surface area contributed by atoms with Gasteiger partial charge in [0.2, 0.25) is 5.91 Å². The number of methoxy groups -OCH3 is 1. The summed E-state index contributed by atoms with van der Waals surface area (Å²) in [7, 11) is 1.30. The van der Waals surface area contributed by atoms with Crippen molar-refractivity contribution in [2.75, 3.05) is 20.2 Å². The van der Waals surface area contributed by atoms with Crippen molar-refractivity contribution in [3.8, 4) is 6.07 Å². The van der Waals surface area contributed by atoms with Crippen LogP contribution in [0.15, 0.2) is 30.3 Å². The van der Waals surface area contributed by atoms with Crippen LogP contribution in [0.4, 0.5) is 0 Å². The molecule has 1 aromatic carbocycles. The highest BCUT2D eigenvalue weighted by atomic mass is 16.5. The smallest absolute Gasteiger partial charge is 0.325 e. The first-order chi connectivity index (χ1) is 10.1. The highest BCUT2D eigenvalue weighted by molar-refractivity contribution is 5.93. The standard InChI is InChI=1S/C16H18N2O3/c1-3-10-18(12-16(20)21-2)15(19)9-8-13-4-6-14(11-17)7-5-13/h4-9H,3,10,12H2,1-2H3. The summed E-state index contributed by atoms with van der Waals surface area (Å²) >= 11 is 0. The molecule has 0 aliphatic heterocycles. The first-order valence-corrected chi connectivity index (χ1v) is 6.64. The molecule has 0 saturated carbocycles. The number of rotatable bonds is 6. The molecule has 0 bridgehead atoms. The quantitative estimate of drug-likeness (QED) is 0.592. The van der Waals surface area contributed by atoms with Crippen LogP contribution in [-0.4, -0.2) is 37.0 Å². The van der Waals surface area contributed by atoms with Gasteiger partial charge in [0.05, 0.1) is 18.7 Å². The first-order valence-electron chi connectivity index (χ1n) is 6.64. The molecule has 1 aromatic rings. The minimum absolute atomic E-state index is 0.0547. The van der Waals surface area contributed by atoms with E-state index in [4.69, 9.17) is 5.26 Å². The zero-order valence-electron chi connectivity index (χ0n) is 12.2. The van der Waals surface area contributed by atoms with Crippen LogP contribution < -0.4 is 0 Å². The Hall–Kier alpha value is -2.61. The van der Waals surface area contributed by atoms with Crippen LogP contribution in [-0.2, 0) is 14.3 Å². The highest BCUT2D eigenvalue weighted by Gasteiger charge is 2.14. The number of ether oxygens (including phenoxy) is 1. The zero-order chi connectivity index (χ0) is 15.7. The van der Waals surface area contributed by atoms with Crippen molar-refractivity contribution in [2.45, 2.75) is 13.3 Å². The van der Waals surface area contributed by atoms with E-state index in [1.807, 2.05) is 13.0 Å². The summed E-state index contributed by atoms with van der Waals surface area (Å²) in [6, 6.07) is 8.91. The van der Waals surface area contributed by atoms with Crippen molar-refractivity contribution in [3.63, 3.8) is 0 Å². The molecular formula is C16H18N2O3. The number of hydrogen-bond donors (Lipinski definition) is 0. The second-order valence-electron chi connectivity index (χ2n) is 4.40. The lowest BCUT2D eigenvalue weighted by Crippen LogP contribution is -2.35. The Labute approximate surface area is 124 Å². The summed E-state index contributed by atoms with van der Waals surface area (Å²) in [5.74, 6) is -0.685. The van der Waals surface area contributed by atoms with E-state index in [1.54, 1.807) is 30.3 Å². The Morgan fingerprint density at radius 3 is 2.52 bits per heavy atom. The largest absolute Gasteiger partial charge is 0.468 e. The SMILES string of the molecule is CCCN(CC(=O)OC)C(=O)C=Cc1ccc(C#N)cc1. The molecule has 5 heteroatoms. The molecule has 0 heterocycles. The van der Waals surface area contributed by atoms with Gasteiger partial charge in [-0.25, -0.2) is 0 Å². The second-order valence-corrected chi connectivity index (χ2v) is 4.40. The number of carbonyl (C=O) groups is 2. The van der Waals surface area contributed by atoms with Gasteiger partial charge in [-0.05, 0) is 30.2 Å². The molecule has 0 radical (unpaired) electrons. The van der Waals surface area contributed by atoms with Gasteiger partial charge in [-0.1, -0.05) is 19.1 Å². The maximum Gasteiger partial charge on any atom is 0.325 e. The molecule has 21 heavy (non-hydrogen) atoms. The van der Waals surface area contributed by atoms with Crippen molar-refractivity contribution in [2.24, 2.45) is 0 Å². The predicted molar refractivity (Wildman–Crippen MR) is 79.1 cm³/mol. The lowest BCUT2D eigenvalue weighted by molar-refractivity contribution is -0.145. The maximum absolute atomic E-state index is 12.1. The van der Waals surface area contributed by atoms with Crippen LogP contribution in [0.5, 0.6) is 0 Å². The summed E-state index contributed by atoms with van der Waals surface area (Å²) in [5.41, 5.74) is 1.38. The molecule has 0 fully saturated rings. The van der Waals surface area contributed by atoms with Crippen LogP contribution in [0.25, 0.3) is 6.08 Å². The summed E-state index contributed by atoms with van der Waals surface area (Å²) in [5, 5.41) is 8.71. The molecule has 0 unspecified atom stereocenters. The summed E-state index contributed by atoms with van der Waals surface area (Å²) in [6.45, 7) is 2.37. The van der Waals surface area contributed by atoms with Gasteiger partial charge in [0, 0.05) is 12.6 Å². The summed E-state index contributed by atoms with van der Waals surface area (Å²) in [6.07, 6.45) is 3.83. The van der Waals surface area contributed by atoms with Gasteiger partial charge in [-0.15, -0.1) is 0 Å². The van der Waals surface area contributed by atoms with Crippen LogP contribution in [0.2, 0.25) is 0 Å². The molecule has 1 amide bonds. The minimum atomic E-state index is -0.441. The van der Waals surface area contributed by atoms with Crippen LogP contribution >= 0.6 is 0 Å². The van der Waals surface area contributed by atoms with Gasteiger partial charge < -0.3 is 9.64 Å². The molecule has 0 aliphatic rings. The minimum Gasteiger partial charge on any atom is -0.468 e. The zero-order valence-corrected chi connectivity index (χ0v) is 12.2. The van der Waals surface area contributed by atoms with Crippen molar-refractivity contribution in [1.82, 2.24) is 4.90 Å². The third kappa shape index (κ3) is 5.49. The first kappa shape index (κ1) is 16.4. The second kappa shape index (κ2) is 8.54. The number of benzene rings is 1. The Balaban J connectivity index is 2.72. The van der Waals surface area contributed by atoms with Crippen molar-refractivity contribution in [3.05, 3.63) is 41.5 Å². The van der Waals surface area contributed by atoms with Crippen molar-refractivity contribution in [1.29, 1.82) is 5.26 Å². The van der Waals surface area contributed by atoms with Crippen LogP contribution in [0.3, 0.4) is 0 Å². The van der Waals surface area contributed by atoms with Crippen molar-refractivity contribution >= 4 is 18.0 Å². The lowest BCUT2D eigenvalue weighted by atomic mass is 10.1. The summed E-state index contributed by atoms with van der Waals surface area (Å²) in [4.78, 5) is 24.8. The maximum atomic E-state index is 12.1. The van der Waals surface area contributed by atoms with E-state index >= 15 is 0 Å². The Bertz CT molecular complexity index is 556. The van der Waals surface area contributed by atoms with E-state index in [0.29, 0.717) is 12.1 Å². The van der Waals surface area contributed by atoms with Gasteiger partial charge >= 0.3 is 5.97 Å². The number of nitrogens with zero attached hydrogens (tertiary/aromatic N) is 2. The Morgan fingerprint density at radius 2 is 2.00 bits per heavy atom. The number of esters is 1. The molecule has 0 aromatic heterocycles. The van der Waals surface area contributed by atoms with Gasteiger partial charge in [0.15, 0.2) is 0 Å². The molecular weight excluding hydrogens is 268 g/mol. The number of carbonyl (C=O) groups excluding carboxylic acids is 2. The molecule has 0 N–H and O–H groups in total. The third-order valence-corrected chi connectivity index (χ3v) is 2.81. The molecule has 5 nitrogen and oxygen atoms in total. The van der Waals surface area contributed by atoms with E-state index in [-0.39, 0.29) is 12.5 Å². The normalized spacial score (nSPS) is 10.1. The predicted octanol–water partition coefficient (Wildman–Crippen LogP) is 1.98. The van der Waals surface area contributed by atoms with Gasteiger partial charge in [-0.2, -0.15) is 5.26 Å². The molecule has 0 aliphatic carbocycles. The summed E-state index contributed by atoms with van der Waals surface area (Å²) < 4.78 is 4.58. The van der Waals surface area contributed by atoms with Gasteiger partial charge in [-0.3, -0.25) is 9.59 Å². The molecule has 1 rings (SSSR count). The Morgan fingerprint density at radius 1 is 1.33 bits per heavy atom. The van der Waals surface area contributed by atoms with Crippen LogP contribution in [0.1, 0.15) is 24.5 Å². The average molecular weight is 286 g/mol. The number of hydrogen-bond acceptors (Lipinski definition) is 4. The highest BCUT2D eigenvalue weighted by Crippen LogP contribution is 2.06. The van der Waals surface area contributed by atoms with E-state index < -0.39 is 5.97 Å². The lowest BCUT2D eigenvalue weighted by Gasteiger charge is -2.18. The molecule has 0 atom stereocenters. The fraction of sp³-hybridized carbons (Fsp3) is 0.312. The van der Waals surface area contributed by atoms with Crippen molar-refractivity contribution < 1.29 is 14.3 Å². The van der Waals surface area contributed by atoms with Gasteiger partial charge in [0.1, 0.15) is 6.54 Å². The van der Waals surface area contributed by atoms with E-state index in [2.05, 4.69) is 4.74 Å². The third-order valence-electron chi connectivity index (χ3n) is 2.81. The molecule has 110 valence electrons. The van der Waals surface area contributed by atoms with Crippen LogP contribution in [0, 0.1) is 11.3 Å². The molecule has 0 spiro atoms. The average Bonchev–Trinajstić information content (AvgIpc) is 2.52. The number of amides is 1. The van der Waals surface area contributed by atoms with E-state index in [1.165, 1.54) is 18.1 Å². The monoisotopic (exact) mass is 286 g/mol. The fourth-order valence-electron chi connectivity index (χ4n) is 1.70.